The van der Waals surface area contributed by atoms with E-state index < -0.39 is 0 Å². The van der Waals surface area contributed by atoms with E-state index in [0.29, 0.717) is 18.6 Å². The summed E-state index contributed by atoms with van der Waals surface area (Å²) in [5.41, 5.74) is 0.452. The number of carbonyl (C=O) groups excluding carboxylic acids is 2. The minimum absolute atomic E-state index is 0.141. The molecule has 4 fully saturated rings. The van der Waals surface area contributed by atoms with Crippen LogP contribution in [0, 0.1) is 23.2 Å². The lowest BCUT2D eigenvalue weighted by atomic mass is 9.49. The highest BCUT2D eigenvalue weighted by atomic mass is 16.5. The van der Waals surface area contributed by atoms with Gasteiger partial charge in [0.25, 0.3) is 0 Å². The van der Waals surface area contributed by atoms with Crippen molar-refractivity contribution in [1.29, 1.82) is 0 Å². The smallest absolute Gasteiger partial charge is 0.306 e. The maximum Gasteiger partial charge on any atom is 0.306 e. The fourth-order valence-corrected chi connectivity index (χ4v) is 5.86. The Morgan fingerprint density at radius 2 is 1.36 bits per heavy atom. The van der Waals surface area contributed by atoms with Crippen molar-refractivity contribution in [1.82, 2.24) is 0 Å². The molecule has 0 aromatic heterocycles. The molecule has 4 rings (SSSR count). The minimum atomic E-state index is -0.283. The van der Waals surface area contributed by atoms with Crippen LogP contribution in [0.15, 0.2) is 0 Å². The Morgan fingerprint density at radius 1 is 0.840 bits per heavy atom. The van der Waals surface area contributed by atoms with Gasteiger partial charge in [0.1, 0.15) is 0 Å². The van der Waals surface area contributed by atoms with Crippen LogP contribution < -0.4 is 0 Å². The van der Waals surface area contributed by atoms with Crippen LogP contribution in [0.5, 0.6) is 0 Å². The van der Waals surface area contributed by atoms with Crippen molar-refractivity contribution in [2.75, 3.05) is 13.2 Å². The molecular weight excluding hydrogens is 316 g/mol. The van der Waals surface area contributed by atoms with Crippen molar-refractivity contribution >= 4 is 11.9 Å². The molecule has 0 aromatic rings. The van der Waals surface area contributed by atoms with Gasteiger partial charge in [0.05, 0.1) is 26.1 Å². The van der Waals surface area contributed by atoms with Crippen molar-refractivity contribution in [2.45, 2.75) is 84.0 Å². The van der Waals surface area contributed by atoms with E-state index in [1.54, 1.807) is 0 Å². The average molecular weight is 350 g/mol. The fourth-order valence-electron chi connectivity index (χ4n) is 5.86. The second-order valence-corrected chi connectivity index (χ2v) is 8.82. The Labute approximate surface area is 152 Å². The van der Waals surface area contributed by atoms with Gasteiger partial charge in [-0.05, 0) is 74.5 Å². The van der Waals surface area contributed by atoms with Gasteiger partial charge in [-0.15, -0.1) is 0 Å². The first kappa shape index (κ1) is 18.7. The summed E-state index contributed by atoms with van der Waals surface area (Å²) < 4.78 is 10.5. The Hall–Kier alpha value is -1.06. The van der Waals surface area contributed by atoms with Crippen LogP contribution in [0.2, 0.25) is 0 Å². The van der Waals surface area contributed by atoms with E-state index in [1.807, 2.05) is 0 Å². The third kappa shape index (κ3) is 5.21. The van der Waals surface area contributed by atoms with Gasteiger partial charge in [0.15, 0.2) is 0 Å². The Bertz CT molecular complexity index is 435. The van der Waals surface area contributed by atoms with Crippen LogP contribution in [-0.4, -0.2) is 25.2 Å². The Morgan fingerprint density at radius 3 is 1.88 bits per heavy atom. The lowest BCUT2D eigenvalue weighted by Gasteiger charge is -2.57. The molecule has 4 nitrogen and oxygen atoms in total. The number of rotatable bonds is 10. The normalized spacial score (nSPS) is 32.6. The first-order chi connectivity index (χ1) is 12.1. The van der Waals surface area contributed by atoms with E-state index in [4.69, 9.17) is 9.47 Å². The number of unbranched alkanes of at least 4 members (excludes halogenated alkanes) is 2. The zero-order chi connectivity index (χ0) is 17.7. The molecule has 4 aliphatic rings. The lowest BCUT2D eigenvalue weighted by Crippen LogP contribution is -2.46. The standard InChI is InChI=1S/C21H34O4/c1-2-3-4-8-24-19(22)5-6-20(23)25-9-7-21-13-16-10-17(14-21)12-18(11-16)15-21/h16-18H,2-15H2,1H3. The van der Waals surface area contributed by atoms with Crippen LogP contribution in [0.25, 0.3) is 0 Å². The van der Waals surface area contributed by atoms with E-state index in [0.717, 1.165) is 43.4 Å². The maximum atomic E-state index is 11.9. The first-order valence-corrected chi connectivity index (χ1v) is 10.4. The van der Waals surface area contributed by atoms with Gasteiger partial charge in [0.2, 0.25) is 0 Å². The second-order valence-electron chi connectivity index (χ2n) is 8.82. The molecule has 0 amide bonds. The van der Waals surface area contributed by atoms with Crippen LogP contribution in [0.3, 0.4) is 0 Å². The molecule has 0 radical (unpaired) electrons. The summed E-state index contributed by atoms with van der Waals surface area (Å²) in [5, 5.41) is 0. The summed E-state index contributed by atoms with van der Waals surface area (Å²) in [6.07, 6.45) is 12.8. The molecule has 4 saturated carbocycles. The summed E-state index contributed by atoms with van der Waals surface area (Å²) >= 11 is 0. The fraction of sp³-hybridized carbons (Fsp3) is 0.905. The highest BCUT2D eigenvalue weighted by Crippen LogP contribution is 2.61. The summed E-state index contributed by atoms with van der Waals surface area (Å²) in [4.78, 5) is 23.5. The van der Waals surface area contributed by atoms with E-state index in [-0.39, 0.29) is 24.8 Å². The zero-order valence-electron chi connectivity index (χ0n) is 15.8. The van der Waals surface area contributed by atoms with Crippen LogP contribution in [0.4, 0.5) is 0 Å². The second kappa shape index (κ2) is 8.55. The molecule has 4 aliphatic carbocycles. The molecule has 0 unspecified atom stereocenters. The summed E-state index contributed by atoms with van der Waals surface area (Å²) in [6, 6.07) is 0. The van der Waals surface area contributed by atoms with Crippen molar-refractivity contribution < 1.29 is 19.1 Å². The lowest BCUT2D eigenvalue weighted by molar-refractivity contribution is -0.151. The topological polar surface area (TPSA) is 52.6 Å². The SMILES string of the molecule is CCCCCOC(=O)CCC(=O)OCCC12CC3CC(CC(C3)C1)C2. The van der Waals surface area contributed by atoms with Crippen molar-refractivity contribution in [2.24, 2.45) is 23.2 Å². The van der Waals surface area contributed by atoms with Gasteiger partial charge in [-0.2, -0.15) is 0 Å². The van der Waals surface area contributed by atoms with Gasteiger partial charge in [-0.1, -0.05) is 19.8 Å². The summed E-state index contributed by atoms with van der Waals surface area (Å²) in [7, 11) is 0. The van der Waals surface area contributed by atoms with E-state index in [2.05, 4.69) is 6.92 Å². The number of esters is 2. The molecule has 25 heavy (non-hydrogen) atoms. The number of hydrogen-bond donors (Lipinski definition) is 0. The largest absolute Gasteiger partial charge is 0.466 e. The molecule has 4 heteroatoms. The molecule has 0 atom stereocenters. The Kier molecular flexibility index (Phi) is 6.40. The Balaban J connectivity index is 1.29. The number of hydrogen-bond acceptors (Lipinski definition) is 4. The predicted molar refractivity (Wildman–Crippen MR) is 95.9 cm³/mol. The first-order valence-electron chi connectivity index (χ1n) is 10.4. The van der Waals surface area contributed by atoms with Gasteiger partial charge in [0, 0.05) is 0 Å². The van der Waals surface area contributed by atoms with Gasteiger partial charge < -0.3 is 9.47 Å². The monoisotopic (exact) mass is 350 g/mol. The highest BCUT2D eigenvalue weighted by molar-refractivity contribution is 5.77. The van der Waals surface area contributed by atoms with E-state index >= 15 is 0 Å². The molecule has 142 valence electrons. The summed E-state index contributed by atoms with van der Waals surface area (Å²) in [5.74, 6) is 2.27. The van der Waals surface area contributed by atoms with E-state index in [9.17, 15) is 9.59 Å². The minimum Gasteiger partial charge on any atom is -0.466 e. The highest BCUT2D eigenvalue weighted by Gasteiger charge is 2.50. The van der Waals surface area contributed by atoms with Crippen LogP contribution in [-0.2, 0) is 19.1 Å². The van der Waals surface area contributed by atoms with Gasteiger partial charge >= 0.3 is 11.9 Å². The van der Waals surface area contributed by atoms with Gasteiger partial charge in [-0.25, -0.2) is 0 Å². The van der Waals surface area contributed by atoms with Crippen LogP contribution in [0.1, 0.15) is 84.0 Å². The molecule has 0 spiro atoms. The van der Waals surface area contributed by atoms with E-state index in [1.165, 1.54) is 38.5 Å². The maximum absolute atomic E-state index is 11.9. The molecular formula is C21H34O4. The molecule has 0 saturated heterocycles. The molecule has 4 bridgehead atoms. The van der Waals surface area contributed by atoms with Gasteiger partial charge in [-0.3, -0.25) is 9.59 Å². The summed E-state index contributed by atoms with van der Waals surface area (Å²) in [6.45, 7) is 3.10. The van der Waals surface area contributed by atoms with Crippen LogP contribution >= 0.6 is 0 Å². The third-order valence-corrected chi connectivity index (χ3v) is 6.60. The number of ether oxygens (including phenoxy) is 2. The quantitative estimate of drug-likeness (QED) is 0.425. The molecule has 0 heterocycles. The molecule has 0 aliphatic heterocycles. The molecule has 0 aromatic carbocycles. The predicted octanol–water partition coefficient (Wildman–Crippen LogP) is 4.65. The zero-order valence-corrected chi connectivity index (χ0v) is 15.8. The third-order valence-electron chi connectivity index (χ3n) is 6.60. The van der Waals surface area contributed by atoms with Crippen molar-refractivity contribution in [3.05, 3.63) is 0 Å². The van der Waals surface area contributed by atoms with Crippen molar-refractivity contribution in [3.8, 4) is 0 Å². The average Bonchev–Trinajstić information content (AvgIpc) is 2.55. The van der Waals surface area contributed by atoms with Crippen molar-refractivity contribution in [3.63, 3.8) is 0 Å². The molecule has 0 N–H and O–H groups in total. The number of carbonyl (C=O) groups is 2.